The number of hydrogen-bond acceptors (Lipinski definition) is 6. The molecule has 37 heavy (non-hydrogen) atoms. The predicted octanol–water partition coefficient (Wildman–Crippen LogP) is 5.51. The lowest BCUT2D eigenvalue weighted by Gasteiger charge is -2.38. The number of halogens is 2. The summed E-state index contributed by atoms with van der Waals surface area (Å²) in [4.78, 5) is 19.0. The number of carboxylic acid groups (broad SMARTS) is 1. The van der Waals surface area contributed by atoms with Crippen molar-refractivity contribution in [3.8, 4) is 5.75 Å². The first-order chi connectivity index (χ1) is 17.8. The van der Waals surface area contributed by atoms with Crippen molar-refractivity contribution < 1.29 is 23.4 Å². The largest absolute Gasteiger partial charge is 0.497 e. The van der Waals surface area contributed by atoms with Crippen LogP contribution in [0.3, 0.4) is 0 Å². The average Bonchev–Trinajstić information content (AvgIpc) is 2.87. The average molecular weight is 530 g/mol. The van der Waals surface area contributed by atoms with Crippen LogP contribution in [-0.2, 0) is 4.79 Å². The number of ether oxygens (including phenoxy) is 1. The van der Waals surface area contributed by atoms with E-state index in [4.69, 9.17) is 10.5 Å². The predicted molar refractivity (Wildman–Crippen MR) is 142 cm³/mol. The van der Waals surface area contributed by atoms with Crippen LogP contribution in [0.5, 0.6) is 5.75 Å². The van der Waals surface area contributed by atoms with Crippen molar-refractivity contribution in [1.29, 1.82) is 0 Å². The van der Waals surface area contributed by atoms with Gasteiger partial charge in [0.25, 0.3) is 0 Å². The van der Waals surface area contributed by atoms with E-state index in [1.807, 2.05) is 6.07 Å². The third kappa shape index (κ3) is 7.18. The van der Waals surface area contributed by atoms with E-state index in [0.717, 1.165) is 36.6 Å². The van der Waals surface area contributed by atoms with Gasteiger partial charge in [-0.3, -0.25) is 9.78 Å². The highest BCUT2D eigenvalue weighted by molar-refractivity contribution is 7.99. The molecule has 0 amide bonds. The Labute approximate surface area is 220 Å². The summed E-state index contributed by atoms with van der Waals surface area (Å²) in [5.74, 6) is 0.102. The van der Waals surface area contributed by atoms with Crippen molar-refractivity contribution in [3.05, 3.63) is 65.9 Å². The monoisotopic (exact) mass is 529 g/mol. The highest BCUT2D eigenvalue weighted by atomic mass is 32.2. The Hall–Kier alpha value is -2.75. The molecule has 3 aromatic rings. The number of carbonyl (C=O) groups is 1. The zero-order valence-electron chi connectivity index (χ0n) is 20.9. The zero-order chi connectivity index (χ0) is 26.4. The molecule has 3 atom stereocenters. The number of piperidine rings is 1. The minimum absolute atomic E-state index is 0.00301. The zero-order valence-corrected chi connectivity index (χ0v) is 21.7. The number of nitrogens with two attached hydrogens (primary N) is 1. The maximum Gasteiger partial charge on any atom is 0.303 e. The number of likely N-dealkylation sites (tertiary alicyclic amines) is 1. The van der Waals surface area contributed by atoms with Gasteiger partial charge in [-0.1, -0.05) is 6.07 Å². The molecule has 0 bridgehead atoms. The normalized spacial score (nSPS) is 19.1. The second-order valence-corrected chi connectivity index (χ2v) is 10.8. The summed E-state index contributed by atoms with van der Waals surface area (Å²) in [6.07, 6.45) is 3.43. The highest BCUT2D eigenvalue weighted by Crippen LogP contribution is 2.35. The third-order valence-electron chi connectivity index (χ3n) is 7.17. The lowest BCUT2D eigenvalue weighted by atomic mass is 9.79. The number of hydrogen-bond donors (Lipinski definition) is 2. The molecule has 0 saturated carbocycles. The van der Waals surface area contributed by atoms with Crippen LogP contribution in [0.4, 0.5) is 8.78 Å². The smallest absolute Gasteiger partial charge is 0.303 e. The van der Waals surface area contributed by atoms with E-state index in [0.29, 0.717) is 35.2 Å². The maximum atomic E-state index is 14.8. The van der Waals surface area contributed by atoms with Crippen LogP contribution in [0.15, 0.2) is 53.6 Å². The molecule has 2 heterocycles. The van der Waals surface area contributed by atoms with Gasteiger partial charge in [-0.2, -0.15) is 0 Å². The van der Waals surface area contributed by atoms with Crippen molar-refractivity contribution in [2.75, 3.05) is 32.5 Å². The fraction of sp³-hybridized carbons (Fsp3) is 0.429. The van der Waals surface area contributed by atoms with Gasteiger partial charge in [-0.15, -0.1) is 11.8 Å². The topological polar surface area (TPSA) is 88.7 Å². The van der Waals surface area contributed by atoms with E-state index in [1.165, 1.54) is 18.3 Å². The third-order valence-corrected chi connectivity index (χ3v) is 8.15. The number of thioether (sulfide) groups is 1. The van der Waals surface area contributed by atoms with E-state index in [9.17, 15) is 18.7 Å². The molecule has 0 unspecified atom stereocenters. The standard InChI is InChI=1S/C28H33F2N3O3S/c1-36-21-6-8-26-23(15-21)28(24(30)16-32-26)25(31)7-5-18-9-10-33(17-19(18)13-27(34)35)11-12-37-22-4-2-3-20(29)14-22/h2-4,6,8,14-16,18-19,25H,5,7,9-13,17,31H2,1H3,(H,34,35)/t18-,19+,25+/m1/s1. The molecule has 1 fully saturated rings. The molecule has 4 rings (SSSR count). The number of methoxy groups -OCH3 is 1. The molecular formula is C28H33F2N3O3S. The van der Waals surface area contributed by atoms with Crippen molar-refractivity contribution in [1.82, 2.24) is 9.88 Å². The molecule has 9 heteroatoms. The lowest BCUT2D eigenvalue weighted by molar-refractivity contribution is -0.139. The van der Waals surface area contributed by atoms with Gasteiger partial charge in [-0.05, 0) is 74.0 Å². The number of aromatic nitrogens is 1. The molecule has 198 valence electrons. The quantitative estimate of drug-likeness (QED) is 0.317. The van der Waals surface area contributed by atoms with Gasteiger partial charge in [0.05, 0.1) is 18.8 Å². The summed E-state index contributed by atoms with van der Waals surface area (Å²) in [5, 5.41) is 10.2. The SMILES string of the molecule is COc1ccc2ncc(F)c([C@@H](N)CC[C@@H]3CCN(CCSc4cccc(F)c4)C[C@@H]3CC(=O)O)c2c1. The summed E-state index contributed by atoms with van der Waals surface area (Å²) in [5.41, 5.74) is 7.59. The molecule has 1 aliphatic heterocycles. The molecule has 1 saturated heterocycles. The molecular weight excluding hydrogens is 496 g/mol. The fourth-order valence-corrected chi connectivity index (χ4v) is 6.21. The highest BCUT2D eigenvalue weighted by Gasteiger charge is 2.31. The van der Waals surface area contributed by atoms with Crippen molar-refractivity contribution in [3.63, 3.8) is 0 Å². The number of benzene rings is 2. The van der Waals surface area contributed by atoms with Gasteiger partial charge < -0.3 is 20.5 Å². The molecule has 0 radical (unpaired) electrons. The van der Waals surface area contributed by atoms with Gasteiger partial charge in [0.1, 0.15) is 17.4 Å². The molecule has 3 N–H and O–H groups in total. The summed E-state index contributed by atoms with van der Waals surface area (Å²) in [7, 11) is 1.56. The Morgan fingerprint density at radius 3 is 2.86 bits per heavy atom. The second kappa shape index (κ2) is 12.7. The van der Waals surface area contributed by atoms with Gasteiger partial charge in [0.15, 0.2) is 0 Å². The first-order valence-corrected chi connectivity index (χ1v) is 13.5. The maximum absolute atomic E-state index is 14.8. The minimum Gasteiger partial charge on any atom is -0.497 e. The van der Waals surface area contributed by atoms with Crippen molar-refractivity contribution in [2.24, 2.45) is 17.6 Å². The molecule has 2 aromatic carbocycles. The molecule has 6 nitrogen and oxygen atoms in total. The molecule has 1 aliphatic rings. The molecule has 1 aromatic heterocycles. The van der Waals surface area contributed by atoms with Gasteiger partial charge >= 0.3 is 5.97 Å². The Bertz CT molecular complexity index is 1230. The van der Waals surface area contributed by atoms with Crippen LogP contribution in [-0.4, -0.2) is 53.5 Å². The van der Waals surface area contributed by atoms with Crippen LogP contribution in [0, 0.1) is 23.5 Å². The minimum atomic E-state index is -0.812. The first-order valence-electron chi connectivity index (χ1n) is 12.5. The summed E-state index contributed by atoms with van der Waals surface area (Å²) < 4.78 is 33.6. The summed E-state index contributed by atoms with van der Waals surface area (Å²) in [6.45, 7) is 2.36. The van der Waals surface area contributed by atoms with Crippen LogP contribution >= 0.6 is 11.8 Å². The van der Waals surface area contributed by atoms with Gasteiger partial charge in [0.2, 0.25) is 0 Å². The van der Waals surface area contributed by atoms with E-state index >= 15 is 0 Å². The van der Waals surface area contributed by atoms with Crippen LogP contribution in [0.2, 0.25) is 0 Å². The van der Waals surface area contributed by atoms with E-state index in [2.05, 4.69) is 9.88 Å². The van der Waals surface area contributed by atoms with Crippen LogP contribution in [0.25, 0.3) is 10.9 Å². The Balaban J connectivity index is 1.37. The van der Waals surface area contributed by atoms with Gasteiger partial charge in [0, 0.05) is 47.2 Å². The first kappa shape index (κ1) is 27.3. The number of aliphatic carboxylic acids is 1. The van der Waals surface area contributed by atoms with E-state index in [1.54, 1.807) is 43.1 Å². The fourth-order valence-electron chi connectivity index (χ4n) is 5.25. The second-order valence-electron chi connectivity index (χ2n) is 9.60. The summed E-state index contributed by atoms with van der Waals surface area (Å²) >= 11 is 1.60. The molecule has 0 aliphatic carbocycles. The van der Waals surface area contributed by atoms with Gasteiger partial charge in [-0.25, -0.2) is 8.78 Å². The number of pyridine rings is 1. The molecule has 0 spiro atoms. The number of carboxylic acids is 1. The van der Waals surface area contributed by atoms with Crippen molar-refractivity contribution in [2.45, 2.75) is 36.6 Å². The number of rotatable bonds is 11. The lowest BCUT2D eigenvalue weighted by Crippen LogP contribution is -2.42. The Morgan fingerprint density at radius 2 is 2.11 bits per heavy atom. The Kier molecular flexibility index (Phi) is 9.34. The van der Waals surface area contributed by atoms with E-state index in [-0.39, 0.29) is 24.1 Å². The van der Waals surface area contributed by atoms with Crippen molar-refractivity contribution >= 4 is 28.6 Å². The van der Waals surface area contributed by atoms with Crippen LogP contribution < -0.4 is 10.5 Å². The number of nitrogens with zero attached hydrogens (tertiary/aromatic N) is 2. The van der Waals surface area contributed by atoms with Crippen LogP contribution in [0.1, 0.15) is 37.3 Å². The number of fused-ring (bicyclic) bond motifs is 1. The Morgan fingerprint density at radius 1 is 1.27 bits per heavy atom. The van der Waals surface area contributed by atoms with E-state index < -0.39 is 17.8 Å². The summed E-state index contributed by atoms with van der Waals surface area (Å²) in [6, 6.07) is 11.3.